The molecule has 0 atom stereocenters. The molecule has 1 N–H and O–H groups in total. The SMILES string of the molecule is COc1ccc(CCC(=O)N2CCCN(C(=O)c3cc(C(C)C)ccc3O)CC2)cc1. The van der Waals surface area contributed by atoms with Crippen LogP contribution in [-0.4, -0.2) is 60.0 Å². The standard InChI is InChI=1S/C25H32N2O4/c1-18(2)20-8-11-23(28)22(17-20)25(30)27-14-4-13-26(15-16-27)24(29)12-7-19-5-9-21(31-3)10-6-19/h5-6,8-11,17-18,28H,4,7,12-16H2,1-3H3. The lowest BCUT2D eigenvalue weighted by atomic mass is 9.99. The van der Waals surface area contributed by atoms with Gasteiger partial charge in [0.05, 0.1) is 12.7 Å². The molecule has 0 saturated carbocycles. The Kier molecular flexibility index (Phi) is 7.55. The number of hydrogen-bond acceptors (Lipinski definition) is 4. The summed E-state index contributed by atoms with van der Waals surface area (Å²) in [6.45, 7) is 6.32. The fourth-order valence-corrected chi connectivity index (χ4v) is 3.83. The number of hydrogen-bond donors (Lipinski definition) is 1. The molecular formula is C25H32N2O4. The van der Waals surface area contributed by atoms with Crippen LogP contribution in [0.15, 0.2) is 42.5 Å². The molecule has 0 unspecified atom stereocenters. The van der Waals surface area contributed by atoms with Crippen LogP contribution in [0.4, 0.5) is 0 Å². The molecule has 2 amide bonds. The second-order valence-corrected chi connectivity index (χ2v) is 8.31. The van der Waals surface area contributed by atoms with E-state index in [1.807, 2.05) is 35.2 Å². The fraction of sp³-hybridized carbons (Fsp3) is 0.440. The molecule has 0 aromatic heterocycles. The van der Waals surface area contributed by atoms with E-state index in [0.29, 0.717) is 44.6 Å². The molecule has 166 valence electrons. The van der Waals surface area contributed by atoms with Gasteiger partial charge in [-0.05, 0) is 54.2 Å². The highest BCUT2D eigenvalue weighted by Crippen LogP contribution is 2.25. The van der Waals surface area contributed by atoms with E-state index < -0.39 is 0 Å². The number of carbonyl (C=O) groups excluding carboxylic acids is 2. The number of aryl methyl sites for hydroxylation is 1. The largest absolute Gasteiger partial charge is 0.507 e. The van der Waals surface area contributed by atoms with Crippen LogP contribution in [0.1, 0.15) is 54.1 Å². The number of phenols is 1. The van der Waals surface area contributed by atoms with Crippen molar-refractivity contribution in [3.8, 4) is 11.5 Å². The number of methoxy groups -OCH3 is 1. The Bertz CT molecular complexity index is 908. The van der Waals surface area contributed by atoms with Crippen molar-refractivity contribution in [2.75, 3.05) is 33.3 Å². The van der Waals surface area contributed by atoms with Crippen molar-refractivity contribution in [1.82, 2.24) is 9.80 Å². The van der Waals surface area contributed by atoms with Gasteiger partial charge in [0.1, 0.15) is 11.5 Å². The summed E-state index contributed by atoms with van der Waals surface area (Å²) < 4.78 is 5.17. The molecule has 0 radical (unpaired) electrons. The number of amides is 2. The van der Waals surface area contributed by atoms with Gasteiger partial charge >= 0.3 is 0 Å². The van der Waals surface area contributed by atoms with E-state index in [9.17, 15) is 14.7 Å². The second kappa shape index (κ2) is 10.3. The van der Waals surface area contributed by atoms with Crippen LogP contribution in [0.3, 0.4) is 0 Å². The molecule has 31 heavy (non-hydrogen) atoms. The zero-order valence-electron chi connectivity index (χ0n) is 18.6. The summed E-state index contributed by atoms with van der Waals surface area (Å²) in [6.07, 6.45) is 1.85. The van der Waals surface area contributed by atoms with Gasteiger partial charge in [0.15, 0.2) is 0 Å². The zero-order valence-corrected chi connectivity index (χ0v) is 18.6. The number of rotatable bonds is 6. The molecule has 3 rings (SSSR count). The summed E-state index contributed by atoms with van der Waals surface area (Å²) in [4.78, 5) is 29.4. The van der Waals surface area contributed by atoms with E-state index >= 15 is 0 Å². The number of benzene rings is 2. The smallest absolute Gasteiger partial charge is 0.257 e. The molecule has 1 saturated heterocycles. The lowest BCUT2D eigenvalue weighted by molar-refractivity contribution is -0.131. The Morgan fingerprint density at radius 2 is 1.68 bits per heavy atom. The lowest BCUT2D eigenvalue weighted by Crippen LogP contribution is -2.37. The van der Waals surface area contributed by atoms with E-state index in [0.717, 1.165) is 23.3 Å². The Hall–Kier alpha value is -3.02. The maximum atomic E-state index is 13.0. The highest BCUT2D eigenvalue weighted by Gasteiger charge is 2.24. The molecule has 1 aliphatic rings. The summed E-state index contributed by atoms with van der Waals surface area (Å²) >= 11 is 0. The molecule has 1 heterocycles. The van der Waals surface area contributed by atoms with Crippen LogP contribution in [0.5, 0.6) is 11.5 Å². The van der Waals surface area contributed by atoms with Crippen molar-refractivity contribution >= 4 is 11.8 Å². The van der Waals surface area contributed by atoms with Gasteiger partial charge in [-0.1, -0.05) is 32.0 Å². The van der Waals surface area contributed by atoms with Gasteiger partial charge in [0.2, 0.25) is 5.91 Å². The summed E-state index contributed by atoms with van der Waals surface area (Å²) in [6, 6.07) is 13.0. The first-order valence-electron chi connectivity index (χ1n) is 10.9. The molecule has 6 nitrogen and oxygen atoms in total. The van der Waals surface area contributed by atoms with Crippen LogP contribution >= 0.6 is 0 Å². The van der Waals surface area contributed by atoms with E-state index in [4.69, 9.17) is 4.74 Å². The van der Waals surface area contributed by atoms with E-state index in [2.05, 4.69) is 13.8 Å². The van der Waals surface area contributed by atoms with Crippen LogP contribution < -0.4 is 4.74 Å². The Labute approximate surface area is 184 Å². The van der Waals surface area contributed by atoms with E-state index in [-0.39, 0.29) is 23.5 Å². The number of phenolic OH excluding ortho intramolecular Hbond substituents is 1. The predicted octanol–water partition coefficient (Wildman–Crippen LogP) is 3.83. The van der Waals surface area contributed by atoms with Gasteiger partial charge in [0, 0.05) is 32.6 Å². The number of ether oxygens (including phenoxy) is 1. The first-order chi connectivity index (χ1) is 14.9. The van der Waals surface area contributed by atoms with Crippen molar-refractivity contribution in [1.29, 1.82) is 0 Å². The maximum Gasteiger partial charge on any atom is 0.257 e. The summed E-state index contributed by atoms with van der Waals surface area (Å²) in [7, 11) is 1.63. The molecule has 1 fully saturated rings. The van der Waals surface area contributed by atoms with Gasteiger partial charge in [-0.3, -0.25) is 9.59 Å². The monoisotopic (exact) mass is 424 g/mol. The quantitative estimate of drug-likeness (QED) is 0.765. The number of aromatic hydroxyl groups is 1. The highest BCUT2D eigenvalue weighted by atomic mass is 16.5. The minimum absolute atomic E-state index is 0.00562. The maximum absolute atomic E-state index is 13.0. The van der Waals surface area contributed by atoms with Crippen molar-refractivity contribution in [3.63, 3.8) is 0 Å². The minimum atomic E-state index is -0.174. The highest BCUT2D eigenvalue weighted by molar-refractivity contribution is 5.97. The molecule has 2 aromatic rings. The van der Waals surface area contributed by atoms with Crippen molar-refractivity contribution < 1.29 is 19.4 Å². The summed E-state index contributed by atoms with van der Waals surface area (Å²) in [5.41, 5.74) is 2.46. The summed E-state index contributed by atoms with van der Waals surface area (Å²) in [5.74, 6) is 1.01. The first-order valence-corrected chi connectivity index (χ1v) is 10.9. The topological polar surface area (TPSA) is 70.1 Å². The number of nitrogens with zero attached hydrogens (tertiary/aromatic N) is 2. The Morgan fingerprint density at radius 3 is 2.35 bits per heavy atom. The van der Waals surface area contributed by atoms with Crippen molar-refractivity contribution in [2.24, 2.45) is 0 Å². The average molecular weight is 425 g/mol. The number of carbonyl (C=O) groups is 2. The van der Waals surface area contributed by atoms with Gasteiger partial charge in [-0.25, -0.2) is 0 Å². The predicted molar refractivity (Wildman–Crippen MR) is 121 cm³/mol. The molecule has 1 aliphatic heterocycles. The Balaban J connectivity index is 1.57. The molecule has 0 aliphatic carbocycles. The first kappa shape index (κ1) is 22.7. The van der Waals surface area contributed by atoms with Crippen molar-refractivity contribution in [3.05, 3.63) is 59.2 Å². The normalized spacial score (nSPS) is 14.5. The lowest BCUT2D eigenvalue weighted by Gasteiger charge is -2.23. The minimum Gasteiger partial charge on any atom is -0.507 e. The van der Waals surface area contributed by atoms with Gasteiger partial charge in [0.25, 0.3) is 5.91 Å². The third-order valence-corrected chi connectivity index (χ3v) is 5.84. The average Bonchev–Trinajstić information content (AvgIpc) is 3.04. The second-order valence-electron chi connectivity index (χ2n) is 8.31. The molecular weight excluding hydrogens is 392 g/mol. The van der Waals surface area contributed by atoms with Crippen LogP contribution in [0.25, 0.3) is 0 Å². The van der Waals surface area contributed by atoms with Crippen molar-refractivity contribution in [2.45, 2.75) is 39.0 Å². The van der Waals surface area contributed by atoms with E-state index in [1.54, 1.807) is 24.1 Å². The van der Waals surface area contributed by atoms with E-state index in [1.165, 1.54) is 0 Å². The van der Waals surface area contributed by atoms with Crippen LogP contribution in [0, 0.1) is 0 Å². The Morgan fingerprint density at radius 1 is 1.00 bits per heavy atom. The van der Waals surface area contributed by atoms with Gasteiger partial charge in [-0.2, -0.15) is 0 Å². The van der Waals surface area contributed by atoms with Gasteiger partial charge in [-0.15, -0.1) is 0 Å². The zero-order chi connectivity index (χ0) is 22.4. The third kappa shape index (κ3) is 5.78. The fourth-order valence-electron chi connectivity index (χ4n) is 3.83. The van der Waals surface area contributed by atoms with Crippen LogP contribution in [0.2, 0.25) is 0 Å². The molecule has 6 heteroatoms. The third-order valence-electron chi connectivity index (χ3n) is 5.84. The van der Waals surface area contributed by atoms with Crippen LogP contribution in [-0.2, 0) is 11.2 Å². The molecule has 0 spiro atoms. The summed E-state index contributed by atoms with van der Waals surface area (Å²) in [5, 5.41) is 10.2. The molecule has 0 bridgehead atoms. The molecule has 2 aromatic carbocycles. The van der Waals surface area contributed by atoms with Gasteiger partial charge < -0.3 is 19.6 Å².